The Morgan fingerprint density at radius 3 is 2.79 bits per heavy atom. The molecule has 168 valence electrons. The summed E-state index contributed by atoms with van der Waals surface area (Å²) >= 11 is 1.28. The summed E-state index contributed by atoms with van der Waals surface area (Å²) in [5.41, 5.74) is 3.54. The number of aromatic nitrogens is 6. The van der Waals surface area contributed by atoms with Gasteiger partial charge in [-0.2, -0.15) is 4.37 Å². The average Bonchev–Trinajstić information content (AvgIpc) is 3.45. The van der Waals surface area contributed by atoms with Crippen LogP contribution in [0.3, 0.4) is 0 Å². The highest BCUT2D eigenvalue weighted by Crippen LogP contribution is 2.26. The maximum absolute atomic E-state index is 13.3. The quantitative estimate of drug-likeness (QED) is 0.341. The fourth-order valence-corrected chi connectivity index (χ4v) is 4.46. The number of ether oxygens (including phenoxy) is 2. The van der Waals surface area contributed by atoms with E-state index in [0.717, 1.165) is 27.2 Å². The van der Waals surface area contributed by atoms with Crippen LogP contribution >= 0.6 is 11.5 Å². The largest absolute Gasteiger partial charge is 0.490 e. The third-order valence-electron chi connectivity index (χ3n) is 5.46. The van der Waals surface area contributed by atoms with E-state index in [-0.39, 0.29) is 11.6 Å². The minimum atomic E-state index is -0.218. The zero-order chi connectivity index (χ0) is 22.9. The topological polar surface area (TPSA) is 97.0 Å². The van der Waals surface area contributed by atoms with Gasteiger partial charge in [-0.15, -0.1) is 5.10 Å². The molecule has 5 aromatic rings. The van der Waals surface area contributed by atoms with Gasteiger partial charge in [-0.1, -0.05) is 11.3 Å². The van der Waals surface area contributed by atoms with Crippen molar-refractivity contribution >= 4 is 33.5 Å². The predicted octanol–water partition coefficient (Wildman–Crippen LogP) is 3.53. The Morgan fingerprint density at radius 2 is 2.00 bits per heavy atom. The van der Waals surface area contributed by atoms with Crippen LogP contribution < -0.4 is 10.3 Å². The Morgan fingerprint density at radius 1 is 1.12 bits per heavy atom. The van der Waals surface area contributed by atoms with Crippen LogP contribution in [0.25, 0.3) is 26.9 Å². The standard InChI is InChI=1S/C23H22N6O3S/c1-14-10-21(33-26-14)28-7-6-20-22(23(28)30)29(27-25-20)15(2)16-4-5-19-17(11-16)12-18(13-24-19)32-9-8-31-3/h4-7,10-13,15H,8-9H2,1-3H3/t15-/m0/s1. The molecule has 0 radical (unpaired) electrons. The number of pyridine rings is 2. The molecule has 9 nitrogen and oxygen atoms in total. The maximum atomic E-state index is 13.3. The van der Waals surface area contributed by atoms with E-state index < -0.39 is 0 Å². The molecule has 0 saturated heterocycles. The van der Waals surface area contributed by atoms with Gasteiger partial charge >= 0.3 is 0 Å². The van der Waals surface area contributed by atoms with Crippen LogP contribution in [0, 0.1) is 6.92 Å². The van der Waals surface area contributed by atoms with Gasteiger partial charge in [0.15, 0.2) is 5.52 Å². The summed E-state index contributed by atoms with van der Waals surface area (Å²) in [6, 6.07) is 11.4. The number of fused-ring (bicyclic) bond motifs is 2. The molecule has 0 aliphatic carbocycles. The van der Waals surface area contributed by atoms with Crippen molar-refractivity contribution in [3.8, 4) is 10.8 Å². The Labute approximate surface area is 193 Å². The molecule has 10 heteroatoms. The van der Waals surface area contributed by atoms with Gasteiger partial charge in [-0.25, -0.2) is 4.68 Å². The smallest absolute Gasteiger partial charge is 0.283 e. The van der Waals surface area contributed by atoms with Gasteiger partial charge in [0.2, 0.25) is 0 Å². The highest BCUT2D eigenvalue weighted by molar-refractivity contribution is 7.08. The fraction of sp³-hybridized carbons (Fsp3) is 0.261. The highest BCUT2D eigenvalue weighted by Gasteiger charge is 2.18. The Balaban J connectivity index is 1.54. The second kappa shape index (κ2) is 8.72. The van der Waals surface area contributed by atoms with Gasteiger partial charge in [0.05, 0.1) is 30.1 Å². The lowest BCUT2D eigenvalue weighted by atomic mass is 10.1. The molecule has 5 rings (SSSR count). The normalized spacial score (nSPS) is 12.5. The number of aryl methyl sites for hydroxylation is 1. The first-order valence-corrected chi connectivity index (χ1v) is 11.2. The van der Waals surface area contributed by atoms with Crippen LogP contribution in [0.5, 0.6) is 5.75 Å². The van der Waals surface area contributed by atoms with Crippen molar-refractivity contribution < 1.29 is 9.47 Å². The summed E-state index contributed by atoms with van der Waals surface area (Å²) in [5, 5.41) is 10.2. The molecule has 0 N–H and O–H groups in total. The maximum Gasteiger partial charge on any atom is 0.283 e. The molecular weight excluding hydrogens is 440 g/mol. The van der Waals surface area contributed by atoms with Crippen molar-refractivity contribution in [1.82, 2.24) is 28.9 Å². The summed E-state index contributed by atoms with van der Waals surface area (Å²) in [6.45, 7) is 4.86. The van der Waals surface area contributed by atoms with E-state index in [0.29, 0.717) is 30.0 Å². The Hall–Kier alpha value is -3.63. The van der Waals surface area contributed by atoms with Crippen molar-refractivity contribution in [2.45, 2.75) is 19.9 Å². The summed E-state index contributed by atoms with van der Waals surface area (Å²) in [7, 11) is 1.64. The van der Waals surface area contributed by atoms with Gasteiger partial charge in [-0.3, -0.25) is 14.3 Å². The van der Waals surface area contributed by atoms with Crippen molar-refractivity contribution in [3.63, 3.8) is 0 Å². The zero-order valence-corrected chi connectivity index (χ0v) is 19.2. The number of rotatable bonds is 7. The molecular formula is C23H22N6O3S. The number of hydrogen-bond donors (Lipinski definition) is 0. The van der Waals surface area contributed by atoms with Gasteiger partial charge in [0, 0.05) is 18.7 Å². The number of benzene rings is 1. The van der Waals surface area contributed by atoms with E-state index >= 15 is 0 Å². The second-order valence-electron chi connectivity index (χ2n) is 7.71. The molecule has 1 atom stereocenters. The molecule has 0 fully saturated rings. The van der Waals surface area contributed by atoms with Crippen molar-refractivity contribution in [1.29, 1.82) is 0 Å². The molecule has 1 aromatic carbocycles. The molecule has 0 saturated carbocycles. The molecule has 0 bridgehead atoms. The molecule has 0 aliphatic heterocycles. The lowest BCUT2D eigenvalue weighted by Gasteiger charge is -2.14. The number of nitrogens with zero attached hydrogens (tertiary/aromatic N) is 6. The summed E-state index contributed by atoms with van der Waals surface area (Å²) in [6.07, 6.45) is 3.42. The first-order chi connectivity index (χ1) is 16.0. The second-order valence-corrected chi connectivity index (χ2v) is 8.49. The van der Waals surface area contributed by atoms with E-state index in [9.17, 15) is 4.79 Å². The van der Waals surface area contributed by atoms with Crippen LogP contribution in [0.4, 0.5) is 0 Å². The van der Waals surface area contributed by atoms with Crippen molar-refractivity contribution in [3.05, 3.63) is 70.4 Å². The summed E-state index contributed by atoms with van der Waals surface area (Å²) < 4.78 is 18.3. The van der Waals surface area contributed by atoms with Crippen LogP contribution in [-0.4, -0.2) is 49.2 Å². The average molecular weight is 463 g/mol. The molecule has 4 heterocycles. The lowest BCUT2D eigenvalue weighted by molar-refractivity contribution is 0.146. The fourth-order valence-electron chi connectivity index (χ4n) is 3.71. The van der Waals surface area contributed by atoms with E-state index in [2.05, 4.69) is 19.7 Å². The van der Waals surface area contributed by atoms with E-state index in [1.807, 2.05) is 44.2 Å². The van der Waals surface area contributed by atoms with Crippen molar-refractivity contribution in [2.24, 2.45) is 0 Å². The molecule has 0 aliphatic rings. The van der Waals surface area contributed by atoms with Gasteiger partial charge in [0.25, 0.3) is 5.56 Å². The summed E-state index contributed by atoms with van der Waals surface area (Å²) in [4.78, 5) is 17.8. The Kier molecular flexibility index (Phi) is 5.61. The minimum absolute atomic E-state index is 0.177. The minimum Gasteiger partial charge on any atom is -0.490 e. The molecule has 0 unspecified atom stereocenters. The molecule has 4 aromatic heterocycles. The third kappa shape index (κ3) is 3.98. The van der Waals surface area contributed by atoms with Crippen LogP contribution in [-0.2, 0) is 4.74 Å². The van der Waals surface area contributed by atoms with E-state index in [1.54, 1.807) is 34.8 Å². The highest BCUT2D eigenvalue weighted by atomic mass is 32.1. The Bertz CT molecular complexity index is 1510. The van der Waals surface area contributed by atoms with Crippen LogP contribution in [0.2, 0.25) is 0 Å². The molecule has 0 spiro atoms. The predicted molar refractivity (Wildman–Crippen MR) is 126 cm³/mol. The summed E-state index contributed by atoms with van der Waals surface area (Å²) in [5.74, 6) is 0.679. The van der Waals surface area contributed by atoms with Crippen LogP contribution in [0.15, 0.2) is 53.6 Å². The third-order valence-corrected chi connectivity index (χ3v) is 6.34. The first kappa shape index (κ1) is 21.2. The SMILES string of the molecule is COCCOc1cnc2ccc([C@H](C)n3nnc4ccn(-c5cc(C)ns5)c(=O)c43)cc2c1. The number of hydrogen-bond acceptors (Lipinski definition) is 8. The van der Waals surface area contributed by atoms with Crippen molar-refractivity contribution in [2.75, 3.05) is 20.3 Å². The van der Waals surface area contributed by atoms with E-state index in [1.165, 1.54) is 11.5 Å². The van der Waals surface area contributed by atoms with Gasteiger partial charge < -0.3 is 9.47 Å². The lowest BCUT2D eigenvalue weighted by Crippen LogP contribution is -2.21. The first-order valence-electron chi connectivity index (χ1n) is 10.5. The molecule has 0 amide bonds. The van der Waals surface area contributed by atoms with Gasteiger partial charge in [0.1, 0.15) is 22.9 Å². The van der Waals surface area contributed by atoms with E-state index in [4.69, 9.17) is 9.47 Å². The van der Waals surface area contributed by atoms with Crippen LogP contribution in [0.1, 0.15) is 24.2 Å². The van der Waals surface area contributed by atoms with Gasteiger partial charge in [-0.05, 0) is 61.3 Å². The number of methoxy groups -OCH3 is 1. The zero-order valence-electron chi connectivity index (χ0n) is 18.4. The monoisotopic (exact) mass is 462 g/mol. The molecule has 33 heavy (non-hydrogen) atoms.